The van der Waals surface area contributed by atoms with Crippen LogP contribution < -0.4 is 4.90 Å². The van der Waals surface area contributed by atoms with E-state index in [-0.39, 0.29) is 0 Å². The Hall–Kier alpha value is -8.78. The number of anilines is 3. The Morgan fingerprint density at radius 3 is 1.07 bits per heavy atom. The second kappa shape index (κ2) is 16.5. The summed E-state index contributed by atoms with van der Waals surface area (Å²) in [5, 5.41) is 0. The summed E-state index contributed by atoms with van der Waals surface area (Å²) in [6.45, 7) is 0. The molecule has 324 valence electrons. The van der Waals surface area contributed by atoms with Gasteiger partial charge >= 0.3 is 0 Å². The van der Waals surface area contributed by atoms with Crippen LogP contribution in [0.2, 0.25) is 0 Å². The molecule has 0 spiro atoms. The molecule has 2 aliphatic rings. The summed E-state index contributed by atoms with van der Waals surface area (Å²) in [6.07, 6.45) is 0. The zero-order chi connectivity index (χ0) is 45.8. The van der Waals surface area contributed by atoms with Gasteiger partial charge in [-0.2, -0.15) is 0 Å². The molecule has 0 atom stereocenters. The topological polar surface area (TPSA) is 3.24 Å². The van der Waals surface area contributed by atoms with Crippen LogP contribution in [-0.2, 0) is 10.8 Å². The van der Waals surface area contributed by atoms with E-state index in [1.165, 1.54) is 83.5 Å². The third-order valence-electron chi connectivity index (χ3n) is 14.9. The Morgan fingerprint density at radius 2 is 0.565 bits per heavy atom. The molecular weight excluding hydrogens is 831 g/mol. The summed E-state index contributed by atoms with van der Waals surface area (Å²) in [5.74, 6) is 0. The van der Waals surface area contributed by atoms with Gasteiger partial charge in [0.15, 0.2) is 0 Å². The van der Waals surface area contributed by atoms with Crippen molar-refractivity contribution in [1.82, 2.24) is 0 Å². The predicted molar refractivity (Wildman–Crippen MR) is 287 cm³/mol. The van der Waals surface area contributed by atoms with Gasteiger partial charge in [0.2, 0.25) is 0 Å². The lowest BCUT2D eigenvalue weighted by atomic mass is 9.67. The minimum Gasteiger partial charge on any atom is -0.310 e. The molecule has 13 rings (SSSR count). The van der Waals surface area contributed by atoms with Crippen LogP contribution >= 0.6 is 0 Å². The smallest absolute Gasteiger partial charge is 0.0713 e. The van der Waals surface area contributed by atoms with Gasteiger partial charge in [0, 0.05) is 16.9 Å². The van der Waals surface area contributed by atoms with Crippen molar-refractivity contribution in [2.75, 3.05) is 4.90 Å². The Morgan fingerprint density at radius 1 is 0.217 bits per heavy atom. The van der Waals surface area contributed by atoms with Gasteiger partial charge in [0.25, 0.3) is 0 Å². The molecule has 11 aromatic carbocycles. The van der Waals surface area contributed by atoms with Gasteiger partial charge < -0.3 is 4.90 Å². The second-order valence-corrected chi connectivity index (χ2v) is 18.3. The normalized spacial score (nSPS) is 13.4. The molecular formula is C68H47N. The highest BCUT2D eigenvalue weighted by Crippen LogP contribution is 2.59. The number of nitrogens with zero attached hydrogens (tertiary/aromatic N) is 1. The molecule has 0 bridgehead atoms. The monoisotopic (exact) mass is 877 g/mol. The van der Waals surface area contributed by atoms with Gasteiger partial charge in [-0.15, -0.1) is 0 Å². The first-order chi connectivity index (χ1) is 34.3. The van der Waals surface area contributed by atoms with Gasteiger partial charge in [-0.1, -0.05) is 255 Å². The maximum Gasteiger partial charge on any atom is 0.0713 e. The highest BCUT2D eigenvalue weighted by Gasteiger charge is 2.47. The van der Waals surface area contributed by atoms with Crippen molar-refractivity contribution in [3.05, 3.63) is 330 Å². The van der Waals surface area contributed by atoms with Crippen molar-refractivity contribution in [2.45, 2.75) is 10.8 Å². The van der Waals surface area contributed by atoms with E-state index in [1.54, 1.807) is 0 Å². The van der Waals surface area contributed by atoms with Crippen LogP contribution in [-0.4, -0.2) is 0 Å². The van der Waals surface area contributed by atoms with Crippen molar-refractivity contribution in [3.8, 4) is 44.5 Å². The van der Waals surface area contributed by atoms with E-state index in [4.69, 9.17) is 0 Å². The molecule has 0 aliphatic heterocycles. The lowest BCUT2D eigenvalue weighted by molar-refractivity contribution is 0.768. The van der Waals surface area contributed by atoms with Gasteiger partial charge in [0.1, 0.15) is 0 Å². The van der Waals surface area contributed by atoms with Crippen LogP contribution in [0.3, 0.4) is 0 Å². The molecule has 0 aromatic heterocycles. The van der Waals surface area contributed by atoms with Gasteiger partial charge in [0.05, 0.1) is 16.5 Å². The van der Waals surface area contributed by atoms with Crippen LogP contribution in [0, 0.1) is 0 Å². The molecule has 0 saturated heterocycles. The maximum absolute atomic E-state index is 2.49. The zero-order valence-corrected chi connectivity index (χ0v) is 38.1. The van der Waals surface area contributed by atoms with Gasteiger partial charge in [-0.05, 0) is 114 Å². The highest BCUT2D eigenvalue weighted by atomic mass is 15.1. The quantitative estimate of drug-likeness (QED) is 0.140. The Bertz CT molecular complexity index is 3570. The molecule has 0 saturated carbocycles. The molecule has 11 aromatic rings. The number of fused-ring (bicyclic) bond motifs is 6. The fraction of sp³-hybridized carbons (Fsp3) is 0.0294. The molecule has 2 aliphatic carbocycles. The molecule has 0 unspecified atom stereocenters. The predicted octanol–water partition coefficient (Wildman–Crippen LogP) is 17.2. The van der Waals surface area contributed by atoms with Gasteiger partial charge in [-0.3, -0.25) is 0 Å². The zero-order valence-electron chi connectivity index (χ0n) is 38.1. The first-order valence-corrected chi connectivity index (χ1v) is 24.0. The van der Waals surface area contributed by atoms with E-state index in [2.05, 4.69) is 290 Å². The number of benzene rings is 11. The Labute approximate surface area is 404 Å². The minimum atomic E-state index is -0.500. The average molecular weight is 878 g/mol. The van der Waals surface area contributed by atoms with E-state index in [1.807, 2.05) is 0 Å². The van der Waals surface area contributed by atoms with E-state index in [9.17, 15) is 0 Å². The van der Waals surface area contributed by atoms with E-state index < -0.39 is 10.8 Å². The number of hydrogen-bond acceptors (Lipinski definition) is 1. The van der Waals surface area contributed by atoms with Crippen molar-refractivity contribution in [3.63, 3.8) is 0 Å². The summed E-state index contributed by atoms with van der Waals surface area (Å²) in [6, 6.07) is 105. The van der Waals surface area contributed by atoms with Crippen molar-refractivity contribution in [1.29, 1.82) is 0 Å². The van der Waals surface area contributed by atoms with Gasteiger partial charge in [-0.25, -0.2) is 0 Å². The summed E-state index contributed by atoms with van der Waals surface area (Å²) in [4.78, 5) is 2.49. The maximum atomic E-state index is 2.49. The van der Waals surface area contributed by atoms with Crippen molar-refractivity contribution < 1.29 is 0 Å². The van der Waals surface area contributed by atoms with Crippen LogP contribution in [0.1, 0.15) is 44.5 Å². The summed E-state index contributed by atoms with van der Waals surface area (Å²) in [5.41, 5.74) is 22.3. The third-order valence-corrected chi connectivity index (χ3v) is 14.9. The SMILES string of the molecule is c1ccc(-c2ccccc2-c2ccccc2N(c2ccc(C3(c4ccccc4)c4ccccc4-c4ccccc43)cc2)c2ccc3c(c2)-c2ccccc2C3(c2ccccc2)c2ccccc2)cc1. The number of hydrogen-bond donors (Lipinski definition) is 0. The van der Waals surface area contributed by atoms with E-state index in [0.29, 0.717) is 0 Å². The third kappa shape index (κ3) is 6.17. The summed E-state index contributed by atoms with van der Waals surface area (Å²) < 4.78 is 0. The minimum absolute atomic E-state index is 0.494. The van der Waals surface area contributed by atoms with Crippen molar-refractivity contribution in [2.24, 2.45) is 0 Å². The molecule has 0 heterocycles. The molecule has 69 heavy (non-hydrogen) atoms. The molecule has 0 radical (unpaired) electrons. The molecule has 1 heteroatoms. The molecule has 1 nitrogen and oxygen atoms in total. The number of para-hydroxylation sites is 1. The van der Waals surface area contributed by atoms with Crippen LogP contribution in [0.15, 0.2) is 285 Å². The highest BCUT2D eigenvalue weighted by molar-refractivity contribution is 5.96. The van der Waals surface area contributed by atoms with Crippen LogP contribution in [0.4, 0.5) is 17.1 Å². The fourth-order valence-electron chi connectivity index (χ4n) is 12.1. The number of rotatable bonds is 9. The molecule has 0 fully saturated rings. The average Bonchev–Trinajstić information content (AvgIpc) is 3.91. The lowest BCUT2D eigenvalue weighted by Crippen LogP contribution is -2.28. The van der Waals surface area contributed by atoms with Crippen LogP contribution in [0.5, 0.6) is 0 Å². The van der Waals surface area contributed by atoms with Crippen LogP contribution in [0.25, 0.3) is 44.5 Å². The standard InChI is InChI=1S/C68H47N/c1-5-23-48(24-6-1)55-31-13-14-32-56(55)60-36-18-22-40-66(60)69(53-43-41-52(42-44-53)68(51-29-11-4-12-30-51)62-37-19-15-33-57(62)58-34-16-20-38-63(58)68)54-45-46-65-61(47-54)59-35-17-21-39-64(59)67(65,49-25-7-2-8-26-49)50-27-9-3-10-28-50/h1-47H. The second-order valence-electron chi connectivity index (χ2n) is 18.3. The first-order valence-electron chi connectivity index (χ1n) is 24.0. The van der Waals surface area contributed by atoms with E-state index >= 15 is 0 Å². The lowest BCUT2D eigenvalue weighted by Gasteiger charge is -2.35. The summed E-state index contributed by atoms with van der Waals surface area (Å²) in [7, 11) is 0. The molecule has 0 N–H and O–H groups in total. The Kier molecular flexibility index (Phi) is 9.70. The van der Waals surface area contributed by atoms with Crippen molar-refractivity contribution >= 4 is 17.1 Å². The largest absolute Gasteiger partial charge is 0.310 e. The Balaban J connectivity index is 1.05. The summed E-state index contributed by atoms with van der Waals surface area (Å²) >= 11 is 0. The first kappa shape index (κ1) is 40.5. The van der Waals surface area contributed by atoms with E-state index in [0.717, 1.165) is 22.6 Å². The molecule has 0 amide bonds. The fourth-order valence-corrected chi connectivity index (χ4v) is 12.1.